The minimum Gasteiger partial charge on any atom is -0.320 e. The van der Waals surface area contributed by atoms with Crippen LogP contribution in [0, 0.1) is 6.92 Å². The van der Waals surface area contributed by atoms with Gasteiger partial charge in [-0.3, -0.25) is 10.1 Å². The fraction of sp³-hybridized carbons (Fsp3) is 0.588. The third-order valence-corrected chi connectivity index (χ3v) is 6.09. The van der Waals surface area contributed by atoms with Gasteiger partial charge in [-0.2, -0.15) is 11.8 Å². The molecule has 2 aliphatic rings. The lowest BCUT2D eigenvalue weighted by molar-refractivity contribution is -0.130. The number of carbonyl (C=O) groups excluding carboxylic acids is 1. The number of nitrogens with zero attached hydrogens (tertiary/aromatic N) is 1. The van der Waals surface area contributed by atoms with Crippen molar-refractivity contribution in [3.8, 4) is 0 Å². The lowest BCUT2D eigenvalue weighted by Gasteiger charge is -2.33. The first-order valence-electron chi connectivity index (χ1n) is 7.76. The summed E-state index contributed by atoms with van der Waals surface area (Å²) >= 11 is 2.01. The van der Waals surface area contributed by atoms with Gasteiger partial charge in [-0.1, -0.05) is 29.8 Å². The number of thioether (sulfide) groups is 1. The summed E-state index contributed by atoms with van der Waals surface area (Å²) in [6.45, 7) is 7.20. The Balaban J connectivity index is 1.84. The Morgan fingerprint density at radius 2 is 2.10 bits per heavy atom. The smallest absolute Gasteiger partial charge is 0.241 e. The maximum absolute atomic E-state index is 12.5. The van der Waals surface area contributed by atoms with Crippen LogP contribution in [0.5, 0.6) is 0 Å². The zero-order valence-corrected chi connectivity index (χ0v) is 13.9. The Labute approximate surface area is 131 Å². The average molecular weight is 304 g/mol. The molecule has 3 unspecified atom stereocenters. The fourth-order valence-corrected chi connectivity index (χ4v) is 4.59. The first kappa shape index (κ1) is 14.9. The zero-order valence-electron chi connectivity index (χ0n) is 13.1. The highest BCUT2D eigenvalue weighted by molar-refractivity contribution is 8.00. The Morgan fingerprint density at radius 3 is 2.71 bits per heavy atom. The molecule has 3 atom stereocenters. The van der Waals surface area contributed by atoms with Crippen LogP contribution in [0.4, 0.5) is 0 Å². The van der Waals surface area contributed by atoms with E-state index in [1.807, 2.05) is 23.6 Å². The van der Waals surface area contributed by atoms with E-state index in [-0.39, 0.29) is 22.9 Å². The van der Waals surface area contributed by atoms with E-state index >= 15 is 0 Å². The molecule has 0 saturated carbocycles. The molecule has 1 N–H and O–H groups in total. The molecule has 3 nitrogen and oxygen atoms in total. The first-order chi connectivity index (χ1) is 9.98. The van der Waals surface area contributed by atoms with Crippen LogP contribution in [0.1, 0.15) is 44.0 Å². The number of nitrogens with one attached hydrogen (secondary N) is 1. The summed E-state index contributed by atoms with van der Waals surface area (Å²) in [5.41, 5.74) is 2.44. The summed E-state index contributed by atoms with van der Waals surface area (Å²) in [5, 5.41) is 3.45. The summed E-state index contributed by atoms with van der Waals surface area (Å²) in [6.07, 6.45) is 2.49. The van der Waals surface area contributed by atoms with Crippen molar-refractivity contribution in [3.63, 3.8) is 0 Å². The van der Waals surface area contributed by atoms with Crippen LogP contribution >= 0.6 is 11.8 Å². The molecule has 1 aromatic carbocycles. The molecular weight excluding hydrogens is 280 g/mol. The van der Waals surface area contributed by atoms with Gasteiger partial charge in [0.05, 0.1) is 6.04 Å². The SMILES string of the molecule is Cc1ccc(C2NC(C)C(=O)N2CC2(C)CCCS2)cc1. The monoisotopic (exact) mass is 304 g/mol. The summed E-state index contributed by atoms with van der Waals surface area (Å²) in [6, 6.07) is 8.42. The Kier molecular flexibility index (Phi) is 4.02. The Bertz CT molecular complexity index is 522. The van der Waals surface area contributed by atoms with Crippen LogP contribution in [0.2, 0.25) is 0 Å². The van der Waals surface area contributed by atoms with Gasteiger partial charge in [0.1, 0.15) is 6.17 Å². The molecule has 2 heterocycles. The van der Waals surface area contributed by atoms with Gasteiger partial charge in [0.15, 0.2) is 0 Å². The highest BCUT2D eigenvalue weighted by atomic mass is 32.2. The topological polar surface area (TPSA) is 32.3 Å². The van der Waals surface area contributed by atoms with Gasteiger partial charge in [-0.25, -0.2) is 0 Å². The molecule has 4 heteroatoms. The second-order valence-electron chi connectivity index (χ2n) is 6.57. The van der Waals surface area contributed by atoms with E-state index in [1.165, 1.54) is 29.7 Å². The quantitative estimate of drug-likeness (QED) is 0.931. The third-order valence-electron chi connectivity index (χ3n) is 4.57. The van der Waals surface area contributed by atoms with Crippen molar-refractivity contribution in [2.75, 3.05) is 12.3 Å². The highest BCUT2D eigenvalue weighted by Gasteiger charge is 2.42. The van der Waals surface area contributed by atoms with Gasteiger partial charge >= 0.3 is 0 Å². The van der Waals surface area contributed by atoms with Gasteiger partial charge in [0.25, 0.3) is 0 Å². The van der Waals surface area contributed by atoms with Gasteiger partial charge in [0.2, 0.25) is 5.91 Å². The molecule has 0 aliphatic carbocycles. The van der Waals surface area contributed by atoms with Crippen molar-refractivity contribution in [1.82, 2.24) is 10.2 Å². The van der Waals surface area contributed by atoms with Crippen molar-refractivity contribution in [1.29, 1.82) is 0 Å². The number of hydrogen-bond acceptors (Lipinski definition) is 3. The molecule has 0 radical (unpaired) electrons. The average Bonchev–Trinajstić information content (AvgIpc) is 2.99. The van der Waals surface area contributed by atoms with E-state index in [0.29, 0.717) is 0 Å². The first-order valence-corrected chi connectivity index (χ1v) is 8.74. The van der Waals surface area contributed by atoms with Gasteiger partial charge < -0.3 is 4.90 Å². The minimum atomic E-state index is -0.0914. The van der Waals surface area contributed by atoms with Crippen LogP contribution in [0.3, 0.4) is 0 Å². The standard InChI is InChI=1S/C17H24N2OS/c1-12-5-7-14(8-6-12)15-18-13(2)16(20)19(15)11-17(3)9-4-10-21-17/h5-8,13,15,18H,4,9-11H2,1-3H3. The van der Waals surface area contributed by atoms with E-state index in [0.717, 1.165) is 6.54 Å². The molecule has 2 fully saturated rings. The van der Waals surface area contributed by atoms with Gasteiger partial charge in [0, 0.05) is 11.3 Å². The lowest BCUT2D eigenvalue weighted by Crippen LogP contribution is -2.40. The zero-order chi connectivity index (χ0) is 15.0. The number of amides is 1. The number of benzene rings is 1. The summed E-state index contributed by atoms with van der Waals surface area (Å²) in [5.74, 6) is 1.45. The maximum Gasteiger partial charge on any atom is 0.241 e. The van der Waals surface area contributed by atoms with Crippen LogP contribution < -0.4 is 5.32 Å². The Hall–Kier alpha value is -1.00. The predicted molar refractivity (Wildman–Crippen MR) is 88.3 cm³/mol. The molecule has 0 bridgehead atoms. The number of carbonyl (C=O) groups is 1. The van der Waals surface area contributed by atoms with Crippen molar-refractivity contribution in [2.45, 2.75) is 50.6 Å². The maximum atomic E-state index is 12.5. The largest absolute Gasteiger partial charge is 0.320 e. The highest BCUT2D eigenvalue weighted by Crippen LogP contribution is 2.40. The molecule has 21 heavy (non-hydrogen) atoms. The van der Waals surface area contributed by atoms with Crippen LogP contribution in [-0.4, -0.2) is 33.9 Å². The molecule has 1 amide bonds. The normalized spacial score (nSPS) is 32.9. The number of hydrogen-bond donors (Lipinski definition) is 1. The molecule has 3 rings (SSSR count). The summed E-state index contributed by atoms with van der Waals surface area (Å²) < 4.78 is 0.213. The molecule has 2 saturated heterocycles. The van der Waals surface area contributed by atoms with E-state index in [4.69, 9.17) is 0 Å². The van der Waals surface area contributed by atoms with E-state index in [9.17, 15) is 4.79 Å². The van der Waals surface area contributed by atoms with Gasteiger partial charge in [-0.05, 0) is 44.9 Å². The van der Waals surface area contributed by atoms with Crippen molar-refractivity contribution in [2.24, 2.45) is 0 Å². The van der Waals surface area contributed by atoms with Crippen LogP contribution in [-0.2, 0) is 4.79 Å². The summed E-state index contributed by atoms with van der Waals surface area (Å²) in [4.78, 5) is 14.6. The lowest BCUT2D eigenvalue weighted by atomic mass is 10.0. The Morgan fingerprint density at radius 1 is 1.38 bits per heavy atom. The van der Waals surface area contributed by atoms with Crippen LogP contribution in [0.25, 0.3) is 0 Å². The van der Waals surface area contributed by atoms with Gasteiger partial charge in [-0.15, -0.1) is 0 Å². The molecule has 114 valence electrons. The third kappa shape index (κ3) is 2.97. The summed E-state index contributed by atoms with van der Waals surface area (Å²) in [7, 11) is 0. The van der Waals surface area contributed by atoms with E-state index in [2.05, 4.69) is 43.4 Å². The number of aryl methyl sites for hydroxylation is 1. The molecule has 0 spiro atoms. The predicted octanol–water partition coefficient (Wildman–Crippen LogP) is 3.10. The second-order valence-corrected chi connectivity index (χ2v) is 8.25. The van der Waals surface area contributed by atoms with Crippen molar-refractivity contribution >= 4 is 17.7 Å². The van der Waals surface area contributed by atoms with E-state index in [1.54, 1.807) is 0 Å². The molecule has 2 aliphatic heterocycles. The fourth-order valence-electron chi connectivity index (χ4n) is 3.29. The minimum absolute atomic E-state index is 0.0196. The molecule has 0 aromatic heterocycles. The van der Waals surface area contributed by atoms with Crippen molar-refractivity contribution < 1.29 is 4.79 Å². The second kappa shape index (κ2) is 5.65. The molecule has 1 aromatic rings. The van der Waals surface area contributed by atoms with E-state index < -0.39 is 0 Å². The number of rotatable bonds is 3. The van der Waals surface area contributed by atoms with Crippen molar-refractivity contribution in [3.05, 3.63) is 35.4 Å². The molecular formula is C17H24N2OS. The van der Waals surface area contributed by atoms with Crippen LogP contribution in [0.15, 0.2) is 24.3 Å².